The first-order valence-electron chi connectivity index (χ1n) is 5.46. The lowest BCUT2D eigenvalue weighted by Gasteiger charge is -2.21. The smallest absolute Gasteiger partial charge is 0.149 e. The zero-order chi connectivity index (χ0) is 11.5. The molecule has 4 nitrogen and oxygen atoms in total. The van der Waals surface area contributed by atoms with Crippen LogP contribution in [0.15, 0.2) is 16.7 Å². The van der Waals surface area contributed by atoms with Crippen LogP contribution in [0, 0.1) is 0 Å². The van der Waals surface area contributed by atoms with Crippen LogP contribution in [0.2, 0.25) is 0 Å². The highest BCUT2D eigenvalue weighted by Crippen LogP contribution is 2.23. The van der Waals surface area contributed by atoms with Gasteiger partial charge in [-0.05, 0) is 41.8 Å². The third kappa shape index (κ3) is 2.65. The molecule has 1 fully saturated rings. The van der Waals surface area contributed by atoms with Crippen LogP contribution in [0.1, 0.15) is 19.8 Å². The Balaban J connectivity index is 2.02. The lowest BCUT2D eigenvalue weighted by molar-refractivity contribution is 0.0996. The Morgan fingerprint density at radius 2 is 2.50 bits per heavy atom. The van der Waals surface area contributed by atoms with Crippen LogP contribution in [-0.2, 0) is 4.74 Å². The van der Waals surface area contributed by atoms with Crippen molar-refractivity contribution >= 4 is 27.4 Å². The number of halogens is 1. The van der Waals surface area contributed by atoms with E-state index in [-0.39, 0.29) is 12.1 Å². The number of pyridine rings is 1. The van der Waals surface area contributed by atoms with E-state index in [4.69, 9.17) is 10.5 Å². The standard InChI is InChI=1S/C11H16BrN3O/c1-7(10-3-2-4-16-10)15-11-9(13)5-8(12)6-14-11/h5-7,10H,2-4,13H2,1H3,(H,14,15). The average molecular weight is 286 g/mol. The maximum Gasteiger partial charge on any atom is 0.149 e. The predicted molar refractivity (Wildman–Crippen MR) is 68.4 cm³/mol. The number of nitrogens with one attached hydrogen (secondary N) is 1. The molecule has 0 amide bonds. The Labute approximate surface area is 104 Å². The second-order valence-electron chi connectivity index (χ2n) is 4.08. The fourth-order valence-electron chi connectivity index (χ4n) is 1.88. The zero-order valence-corrected chi connectivity index (χ0v) is 10.8. The van der Waals surface area contributed by atoms with E-state index in [9.17, 15) is 0 Å². The highest BCUT2D eigenvalue weighted by atomic mass is 79.9. The van der Waals surface area contributed by atoms with Gasteiger partial charge in [-0.3, -0.25) is 0 Å². The lowest BCUT2D eigenvalue weighted by atomic mass is 10.1. The molecule has 1 aromatic heterocycles. The Morgan fingerprint density at radius 3 is 3.12 bits per heavy atom. The van der Waals surface area contributed by atoms with E-state index >= 15 is 0 Å². The van der Waals surface area contributed by atoms with Crippen LogP contribution >= 0.6 is 15.9 Å². The molecule has 1 saturated heterocycles. The van der Waals surface area contributed by atoms with Crippen molar-refractivity contribution in [3.05, 3.63) is 16.7 Å². The van der Waals surface area contributed by atoms with Crippen LogP contribution in [0.5, 0.6) is 0 Å². The van der Waals surface area contributed by atoms with E-state index in [2.05, 4.69) is 33.2 Å². The molecular formula is C11H16BrN3O. The SMILES string of the molecule is CC(Nc1ncc(Br)cc1N)C1CCCO1. The molecule has 2 heterocycles. The molecule has 2 atom stereocenters. The van der Waals surface area contributed by atoms with Crippen LogP contribution in [0.3, 0.4) is 0 Å². The minimum Gasteiger partial charge on any atom is -0.396 e. The molecule has 3 N–H and O–H groups in total. The molecule has 0 aromatic carbocycles. The van der Waals surface area contributed by atoms with Gasteiger partial charge in [-0.15, -0.1) is 0 Å². The van der Waals surface area contributed by atoms with Crippen molar-refractivity contribution in [1.82, 2.24) is 4.98 Å². The number of rotatable bonds is 3. The number of aromatic nitrogens is 1. The van der Waals surface area contributed by atoms with Crippen LogP contribution in [-0.4, -0.2) is 23.7 Å². The van der Waals surface area contributed by atoms with Gasteiger partial charge in [-0.25, -0.2) is 4.98 Å². The normalized spacial score (nSPS) is 22.0. The van der Waals surface area contributed by atoms with Crippen LogP contribution < -0.4 is 11.1 Å². The fraction of sp³-hybridized carbons (Fsp3) is 0.545. The predicted octanol–water partition coefficient (Wildman–Crippen LogP) is 2.41. The third-order valence-corrected chi connectivity index (χ3v) is 3.20. The summed E-state index contributed by atoms with van der Waals surface area (Å²) in [5.74, 6) is 0.728. The number of nitrogens with two attached hydrogens (primary N) is 1. The summed E-state index contributed by atoms with van der Waals surface area (Å²) in [7, 11) is 0. The van der Waals surface area contributed by atoms with E-state index < -0.39 is 0 Å². The summed E-state index contributed by atoms with van der Waals surface area (Å²) >= 11 is 3.33. The summed E-state index contributed by atoms with van der Waals surface area (Å²) in [5.41, 5.74) is 6.52. The van der Waals surface area contributed by atoms with Gasteiger partial charge < -0.3 is 15.8 Å². The first kappa shape index (κ1) is 11.7. The van der Waals surface area contributed by atoms with Gasteiger partial charge in [0.2, 0.25) is 0 Å². The first-order chi connectivity index (χ1) is 7.66. The maximum absolute atomic E-state index is 5.87. The molecule has 1 aliphatic heterocycles. The summed E-state index contributed by atoms with van der Waals surface area (Å²) < 4.78 is 6.50. The third-order valence-electron chi connectivity index (χ3n) is 2.77. The van der Waals surface area contributed by atoms with Gasteiger partial charge in [0, 0.05) is 17.3 Å². The number of anilines is 2. The quantitative estimate of drug-likeness (QED) is 0.895. The van der Waals surface area contributed by atoms with Gasteiger partial charge in [-0.2, -0.15) is 0 Å². The van der Waals surface area contributed by atoms with Crippen molar-refractivity contribution in [2.75, 3.05) is 17.7 Å². The Hall–Kier alpha value is -0.810. The fourth-order valence-corrected chi connectivity index (χ4v) is 2.23. The summed E-state index contributed by atoms with van der Waals surface area (Å²) in [6, 6.07) is 2.08. The van der Waals surface area contributed by atoms with Gasteiger partial charge >= 0.3 is 0 Å². The Morgan fingerprint density at radius 1 is 1.69 bits per heavy atom. The van der Waals surface area contributed by atoms with Crippen molar-refractivity contribution in [1.29, 1.82) is 0 Å². The average Bonchev–Trinajstić information content (AvgIpc) is 2.75. The second-order valence-corrected chi connectivity index (χ2v) is 4.99. The number of nitrogens with zero attached hydrogens (tertiary/aromatic N) is 1. The monoisotopic (exact) mass is 285 g/mol. The number of ether oxygens (including phenoxy) is 1. The highest BCUT2D eigenvalue weighted by Gasteiger charge is 2.22. The van der Waals surface area contributed by atoms with Gasteiger partial charge in [-0.1, -0.05) is 0 Å². The topological polar surface area (TPSA) is 60.2 Å². The van der Waals surface area contributed by atoms with Crippen molar-refractivity contribution in [3.8, 4) is 0 Å². The molecule has 1 aromatic rings. The van der Waals surface area contributed by atoms with E-state index in [0.717, 1.165) is 29.7 Å². The van der Waals surface area contributed by atoms with Crippen molar-refractivity contribution in [2.45, 2.75) is 31.9 Å². The van der Waals surface area contributed by atoms with E-state index in [1.807, 2.05) is 6.07 Å². The number of nitrogen functional groups attached to an aromatic ring is 1. The molecular weight excluding hydrogens is 270 g/mol. The molecule has 0 saturated carbocycles. The van der Waals surface area contributed by atoms with Gasteiger partial charge in [0.1, 0.15) is 5.82 Å². The highest BCUT2D eigenvalue weighted by molar-refractivity contribution is 9.10. The van der Waals surface area contributed by atoms with Gasteiger partial charge in [0.05, 0.1) is 17.8 Å². The molecule has 16 heavy (non-hydrogen) atoms. The van der Waals surface area contributed by atoms with Crippen molar-refractivity contribution < 1.29 is 4.74 Å². The summed E-state index contributed by atoms with van der Waals surface area (Å²) in [5, 5.41) is 3.30. The first-order valence-corrected chi connectivity index (χ1v) is 6.25. The van der Waals surface area contributed by atoms with E-state index in [1.165, 1.54) is 0 Å². The second kappa shape index (κ2) is 5.01. The summed E-state index contributed by atoms with van der Waals surface area (Å²) in [6.07, 6.45) is 4.25. The molecule has 88 valence electrons. The van der Waals surface area contributed by atoms with Crippen LogP contribution in [0.4, 0.5) is 11.5 Å². The maximum atomic E-state index is 5.87. The van der Waals surface area contributed by atoms with Crippen LogP contribution in [0.25, 0.3) is 0 Å². The molecule has 2 unspecified atom stereocenters. The molecule has 2 rings (SSSR count). The molecule has 0 bridgehead atoms. The van der Waals surface area contributed by atoms with Crippen molar-refractivity contribution in [2.24, 2.45) is 0 Å². The summed E-state index contributed by atoms with van der Waals surface area (Å²) in [6.45, 7) is 2.96. The Bertz CT molecular complexity index is 366. The van der Waals surface area contributed by atoms with Gasteiger partial charge in [0.15, 0.2) is 0 Å². The summed E-state index contributed by atoms with van der Waals surface area (Å²) in [4.78, 5) is 4.25. The van der Waals surface area contributed by atoms with Crippen molar-refractivity contribution in [3.63, 3.8) is 0 Å². The largest absolute Gasteiger partial charge is 0.396 e. The zero-order valence-electron chi connectivity index (χ0n) is 9.24. The lowest BCUT2D eigenvalue weighted by Crippen LogP contribution is -2.30. The van der Waals surface area contributed by atoms with E-state index in [0.29, 0.717) is 5.69 Å². The molecule has 0 aliphatic carbocycles. The molecule has 1 aliphatic rings. The molecule has 5 heteroatoms. The number of hydrogen-bond acceptors (Lipinski definition) is 4. The van der Waals surface area contributed by atoms with Gasteiger partial charge in [0.25, 0.3) is 0 Å². The molecule has 0 radical (unpaired) electrons. The Kier molecular flexibility index (Phi) is 3.66. The number of hydrogen-bond donors (Lipinski definition) is 2. The minimum atomic E-state index is 0.235. The molecule has 0 spiro atoms. The minimum absolute atomic E-state index is 0.235. The van der Waals surface area contributed by atoms with E-state index in [1.54, 1.807) is 6.20 Å².